The third kappa shape index (κ3) is 2.24. The fourth-order valence-corrected chi connectivity index (χ4v) is 2.30. The van der Waals surface area contributed by atoms with E-state index < -0.39 is 5.60 Å². The molecule has 0 radical (unpaired) electrons. The van der Waals surface area contributed by atoms with Gasteiger partial charge in [0.15, 0.2) is 0 Å². The molecular weight excluding hydrogens is 224 g/mol. The van der Waals surface area contributed by atoms with Crippen molar-refractivity contribution in [3.8, 4) is 0 Å². The molecule has 1 saturated carbocycles. The molecule has 2 N–H and O–H groups in total. The summed E-state index contributed by atoms with van der Waals surface area (Å²) in [5, 5.41) is 15.1. The summed E-state index contributed by atoms with van der Waals surface area (Å²) in [5.41, 5.74) is 1.02. The van der Waals surface area contributed by atoms with Gasteiger partial charge in [-0.05, 0) is 37.5 Å². The zero-order valence-corrected chi connectivity index (χ0v) is 10.6. The molecule has 94 valence electrons. The summed E-state index contributed by atoms with van der Waals surface area (Å²) in [5.74, 6) is 0. The van der Waals surface area contributed by atoms with Gasteiger partial charge in [0.1, 0.15) is 0 Å². The summed E-state index contributed by atoms with van der Waals surface area (Å²) in [7, 11) is 0. The SMILES string of the molecule is CC(O)(CNC1CC1)c1cccc2ncccc12. The number of aliphatic hydroxyl groups is 1. The lowest BCUT2D eigenvalue weighted by Gasteiger charge is -2.25. The number of nitrogens with one attached hydrogen (secondary N) is 1. The van der Waals surface area contributed by atoms with E-state index in [2.05, 4.69) is 10.3 Å². The third-order valence-corrected chi connectivity index (χ3v) is 3.54. The Morgan fingerprint density at radius 3 is 2.94 bits per heavy atom. The predicted octanol–water partition coefficient (Wildman–Crippen LogP) is 2.19. The van der Waals surface area contributed by atoms with Crippen LogP contribution in [0.25, 0.3) is 10.9 Å². The molecule has 1 atom stereocenters. The molecule has 0 saturated heterocycles. The van der Waals surface area contributed by atoms with E-state index in [4.69, 9.17) is 0 Å². The molecule has 0 aliphatic heterocycles. The van der Waals surface area contributed by atoms with Gasteiger partial charge in [-0.25, -0.2) is 0 Å². The van der Waals surface area contributed by atoms with Gasteiger partial charge in [0.2, 0.25) is 0 Å². The van der Waals surface area contributed by atoms with Gasteiger partial charge < -0.3 is 10.4 Å². The molecule has 1 fully saturated rings. The van der Waals surface area contributed by atoms with Crippen LogP contribution in [-0.4, -0.2) is 22.7 Å². The molecule has 0 amide bonds. The summed E-state index contributed by atoms with van der Waals surface area (Å²) in [4.78, 5) is 4.33. The van der Waals surface area contributed by atoms with E-state index >= 15 is 0 Å². The second kappa shape index (κ2) is 4.34. The van der Waals surface area contributed by atoms with Crippen molar-refractivity contribution in [3.05, 3.63) is 42.1 Å². The zero-order valence-electron chi connectivity index (χ0n) is 10.6. The highest BCUT2D eigenvalue weighted by Crippen LogP contribution is 2.28. The summed E-state index contributed by atoms with van der Waals surface area (Å²) in [6.45, 7) is 2.45. The van der Waals surface area contributed by atoms with Crippen molar-refractivity contribution in [2.45, 2.75) is 31.4 Å². The molecule has 0 bridgehead atoms. The van der Waals surface area contributed by atoms with Crippen LogP contribution >= 0.6 is 0 Å². The van der Waals surface area contributed by atoms with Crippen LogP contribution in [0.5, 0.6) is 0 Å². The Balaban J connectivity index is 1.95. The first-order chi connectivity index (χ1) is 8.67. The number of pyridine rings is 1. The van der Waals surface area contributed by atoms with E-state index in [9.17, 15) is 5.11 Å². The van der Waals surface area contributed by atoms with Gasteiger partial charge in [-0.15, -0.1) is 0 Å². The smallest absolute Gasteiger partial charge is 0.0998 e. The lowest BCUT2D eigenvalue weighted by atomic mass is 9.92. The summed E-state index contributed by atoms with van der Waals surface area (Å²) in [6.07, 6.45) is 4.24. The highest BCUT2D eigenvalue weighted by molar-refractivity contribution is 5.82. The van der Waals surface area contributed by atoms with Gasteiger partial charge in [0.25, 0.3) is 0 Å². The van der Waals surface area contributed by atoms with E-state index in [0.717, 1.165) is 16.5 Å². The van der Waals surface area contributed by atoms with Crippen LogP contribution in [0, 0.1) is 0 Å². The fourth-order valence-electron chi connectivity index (χ4n) is 2.30. The number of nitrogens with zero attached hydrogens (tertiary/aromatic N) is 1. The minimum atomic E-state index is -0.856. The molecule has 3 rings (SSSR count). The first-order valence-corrected chi connectivity index (χ1v) is 6.47. The Morgan fingerprint density at radius 2 is 2.17 bits per heavy atom. The van der Waals surface area contributed by atoms with Gasteiger partial charge in [-0.1, -0.05) is 18.2 Å². The van der Waals surface area contributed by atoms with Crippen LogP contribution < -0.4 is 5.32 Å². The molecule has 18 heavy (non-hydrogen) atoms. The van der Waals surface area contributed by atoms with Crippen molar-refractivity contribution in [1.29, 1.82) is 0 Å². The molecule has 3 heteroatoms. The van der Waals surface area contributed by atoms with Gasteiger partial charge in [-0.3, -0.25) is 4.98 Å². The van der Waals surface area contributed by atoms with E-state index in [1.54, 1.807) is 6.20 Å². The van der Waals surface area contributed by atoms with Crippen molar-refractivity contribution in [1.82, 2.24) is 10.3 Å². The van der Waals surface area contributed by atoms with Gasteiger partial charge >= 0.3 is 0 Å². The van der Waals surface area contributed by atoms with Crippen molar-refractivity contribution in [2.24, 2.45) is 0 Å². The average Bonchev–Trinajstić information content (AvgIpc) is 3.20. The van der Waals surface area contributed by atoms with Crippen LogP contribution in [0.3, 0.4) is 0 Å². The zero-order chi connectivity index (χ0) is 12.6. The Morgan fingerprint density at radius 1 is 1.33 bits per heavy atom. The van der Waals surface area contributed by atoms with Crippen molar-refractivity contribution >= 4 is 10.9 Å². The normalized spacial score (nSPS) is 18.8. The molecular formula is C15H18N2O. The minimum absolute atomic E-state index is 0.589. The highest BCUT2D eigenvalue weighted by atomic mass is 16.3. The number of aromatic nitrogens is 1. The quantitative estimate of drug-likeness (QED) is 0.864. The molecule has 3 nitrogen and oxygen atoms in total. The average molecular weight is 242 g/mol. The first kappa shape index (κ1) is 11.6. The molecule has 1 heterocycles. The Hall–Kier alpha value is -1.45. The largest absolute Gasteiger partial charge is 0.384 e. The third-order valence-electron chi connectivity index (χ3n) is 3.54. The minimum Gasteiger partial charge on any atom is -0.384 e. The van der Waals surface area contributed by atoms with E-state index in [-0.39, 0.29) is 0 Å². The molecule has 0 spiro atoms. The molecule has 1 aliphatic carbocycles. The highest BCUT2D eigenvalue weighted by Gasteiger charge is 2.29. The standard InChI is InChI=1S/C15H18N2O/c1-15(18,10-17-11-7-8-11)13-5-2-6-14-12(13)4-3-9-16-14/h2-6,9,11,17-18H,7-8,10H2,1H3. The number of rotatable bonds is 4. The maximum absolute atomic E-state index is 10.7. The second-order valence-corrected chi connectivity index (χ2v) is 5.30. The summed E-state index contributed by atoms with van der Waals surface area (Å²) in [6, 6.07) is 10.4. The predicted molar refractivity (Wildman–Crippen MR) is 72.3 cm³/mol. The molecule has 2 aromatic rings. The van der Waals surface area contributed by atoms with E-state index in [1.807, 2.05) is 37.3 Å². The summed E-state index contributed by atoms with van der Waals surface area (Å²) >= 11 is 0. The van der Waals surface area contributed by atoms with Gasteiger partial charge in [-0.2, -0.15) is 0 Å². The van der Waals surface area contributed by atoms with Gasteiger partial charge in [0, 0.05) is 24.2 Å². The first-order valence-electron chi connectivity index (χ1n) is 6.47. The molecule has 1 aromatic carbocycles. The van der Waals surface area contributed by atoms with Crippen LogP contribution in [0.2, 0.25) is 0 Å². The number of hydrogen-bond donors (Lipinski definition) is 2. The van der Waals surface area contributed by atoms with E-state index in [1.165, 1.54) is 12.8 Å². The van der Waals surface area contributed by atoms with E-state index in [0.29, 0.717) is 12.6 Å². The monoisotopic (exact) mass is 242 g/mol. The molecule has 1 unspecified atom stereocenters. The van der Waals surface area contributed by atoms with Crippen LogP contribution in [0.15, 0.2) is 36.5 Å². The van der Waals surface area contributed by atoms with Crippen LogP contribution in [0.1, 0.15) is 25.3 Å². The van der Waals surface area contributed by atoms with Gasteiger partial charge in [0.05, 0.1) is 11.1 Å². The topological polar surface area (TPSA) is 45.1 Å². The number of fused-ring (bicyclic) bond motifs is 1. The van der Waals surface area contributed by atoms with Crippen molar-refractivity contribution in [2.75, 3.05) is 6.54 Å². The van der Waals surface area contributed by atoms with Crippen LogP contribution in [-0.2, 0) is 5.60 Å². The maximum atomic E-state index is 10.7. The Kier molecular flexibility index (Phi) is 2.80. The van der Waals surface area contributed by atoms with Crippen molar-refractivity contribution < 1.29 is 5.11 Å². The number of benzene rings is 1. The fraction of sp³-hybridized carbons (Fsp3) is 0.400. The second-order valence-electron chi connectivity index (χ2n) is 5.30. The lowest BCUT2D eigenvalue weighted by molar-refractivity contribution is 0.0581. The molecule has 1 aromatic heterocycles. The van der Waals surface area contributed by atoms with Crippen LogP contribution in [0.4, 0.5) is 0 Å². The summed E-state index contributed by atoms with van der Waals surface area (Å²) < 4.78 is 0. The number of hydrogen-bond acceptors (Lipinski definition) is 3. The Labute approximate surface area is 107 Å². The Bertz CT molecular complexity index is 556. The molecule has 1 aliphatic rings. The lowest BCUT2D eigenvalue weighted by Crippen LogP contribution is -2.36. The maximum Gasteiger partial charge on any atom is 0.0998 e. The van der Waals surface area contributed by atoms with Crippen molar-refractivity contribution in [3.63, 3.8) is 0 Å².